The molecule has 0 saturated carbocycles. The van der Waals surface area contributed by atoms with E-state index in [1.165, 1.54) is 0 Å². The molecule has 1 aromatic rings. The molecule has 1 saturated heterocycles. The molecular weight excluding hydrogens is 319 g/mol. The minimum Gasteiger partial charge on any atom is -0.299 e. The van der Waals surface area contributed by atoms with Crippen molar-refractivity contribution < 1.29 is 13.2 Å². The highest BCUT2D eigenvalue weighted by Gasteiger charge is 2.40. The van der Waals surface area contributed by atoms with E-state index < -0.39 is 12.1 Å². The summed E-state index contributed by atoms with van der Waals surface area (Å²) in [6.07, 6.45) is -3.59. The fourth-order valence-corrected chi connectivity index (χ4v) is 3.24. The molecule has 1 aliphatic rings. The molecule has 0 unspecified atom stereocenters. The van der Waals surface area contributed by atoms with Crippen molar-refractivity contribution in [3.05, 3.63) is 33.8 Å². The molecule has 0 amide bonds. The molecule has 0 radical (unpaired) electrons. The van der Waals surface area contributed by atoms with Gasteiger partial charge in [0.1, 0.15) is 0 Å². The third-order valence-corrected chi connectivity index (χ3v) is 4.02. The third-order valence-electron chi connectivity index (χ3n) is 3.56. The minimum absolute atomic E-state index is 0.219. The van der Waals surface area contributed by atoms with E-state index in [-0.39, 0.29) is 12.8 Å². The molecule has 1 nitrogen and oxygen atoms in total. The van der Waals surface area contributed by atoms with Crippen LogP contribution in [0.1, 0.15) is 24.0 Å². The Morgan fingerprint density at radius 1 is 1.21 bits per heavy atom. The first kappa shape index (κ1) is 14.9. The predicted octanol–water partition coefficient (Wildman–Crippen LogP) is 4.53. The van der Waals surface area contributed by atoms with Crippen molar-refractivity contribution in [3.8, 4) is 0 Å². The first-order chi connectivity index (χ1) is 8.84. The largest absolute Gasteiger partial charge is 0.391 e. The maximum Gasteiger partial charge on any atom is 0.391 e. The number of halogens is 4. The van der Waals surface area contributed by atoms with Crippen LogP contribution in [0.25, 0.3) is 0 Å². The summed E-state index contributed by atoms with van der Waals surface area (Å²) in [4.78, 5) is 2.10. The zero-order valence-electron chi connectivity index (χ0n) is 10.8. The van der Waals surface area contributed by atoms with E-state index in [0.29, 0.717) is 13.1 Å². The Labute approximate surface area is 119 Å². The average molecular weight is 336 g/mol. The lowest BCUT2D eigenvalue weighted by atomic mass is 9.96. The molecular formula is C14H17BrF3N. The number of nitrogens with zero attached hydrogens (tertiary/aromatic N) is 1. The smallest absolute Gasteiger partial charge is 0.299 e. The summed E-state index contributed by atoms with van der Waals surface area (Å²) in [5, 5.41) is 0. The lowest BCUT2D eigenvalue weighted by molar-refractivity contribution is -0.185. The summed E-state index contributed by atoms with van der Waals surface area (Å²) in [7, 11) is 0. The van der Waals surface area contributed by atoms with Gasteiger partial charge in [-0.2, -0.15) is 13.2 Å². The molecule has 0 spiro atoms. The highest BCUT2D eigenvalue weighted by atomic mass is 79.9. The van der Waals surface area contributed by atoms with Gasteiger partial charge in [0.2, 0.25) is 0 Å². The van der Waals surface area contributed by atoms with Gasteiger partial charge in [0.15, 0.2) is 0 Å². The molecule has 0 aromatic heterocycles. The van der Waals surface area contributed by atoms with Crippen LogP contribution in [0, 0.1) is 12.8 Å². The van der Waals surface area contributed by atoms with Crippen molar-refractivity contribution in [2.75, 3.05) is 13.1 Å². The summed E-state index contributed by atoms with van der Waals surface area (Å²) < 4.78 is 38.8. The van der Waals surface area contributed by atoms with E-state index in [1.54, 1.807) is 0 Å². The quantitative estimate of drug-likeness (QED) is 0.767. The van der Waals surface area contributed by atoms with Crippen LogP contribution in [0.2, 0.25) is 0 Å². The maximum absolute atomic E-state index is 12.6. The number of likely N-dealkylation sites (tertiary alicyclic amines) is 1. The molecule has 106 valence electrons. The first-order valence-corrected chi connectivity index (χ1v) is 7.19. The van der Waals surface area contributed by atoms with Crippen LogP contribution in [-0.4, -0.2) is 24.2 Å². The molecule has 2 rings (SSSR count). The Balaban J connectivity index is 1.92. The number of rotatable bonds is 2. The van der Waals surface area contributed by atoms with E-state index >= 15 is 0 Å². The minimum atomic E-state index is -4.03. The monoisotopic (exact) mass is 335 g/mol. The lowest BCUT2D eigenvalue weighted by Crippen LogP contribution is -2.38. The van der Waals surface area contributed by atoms with Gasteiger partial charge >= 0.3 is 6.18 Å². The van der Waals surface area contributed by atoms with Gasteiger partial charge in [-0.05, 0) is 56.1 Å². The molecule has 1 heterocycles. The number of hydrogen-bond acceptors (Lipinski definition) is 1. The topological polar surface area (TPSA) is 3.24 Å². The van der Waals surface area contributed by atoms with Gasteiger partial charge in [-0.15, -0.1) is 0 Å². The second kappa shape index (κ2) is 5.83. The summed E-state index contributed by atoms with van der Waals surface area (Å²) in [5.74, 6) is -1.12. The van der Waals surface area contributed by atoms with Gasteiger partial charge in [0, 0.05) is 11.0 Å². The van der Waals surface area contributed by atoms with E-state index in [9.17, 15) is 13.2 Å². The molecule has 1 aliphatic heterocycles. The Morgan fingerprint density at radius 2 is 1.84 bits per heavy atom. The van der Waals surface area contributed by atoms with Crippen molar-refractivity contribution >= 4 is 15.9 Å². The van der Waals surface area contributed by atoms with Crippen molar-refractivity contribution in [1.29, 1.82) is 0 Å². The van der Waals surface area contributed by atoms with Crippen LogP contribution in [0.5, 0.6) is 0 Å². The highest BCUT2D eigenvalue weighted by Crippen LogP contribution is 2.34. The van der Waals surface area contributed by atoms with Crippen LogP contribution >= 0.6 is 15.9 Å². The number of benzene rings is 1. The van der Waals surface area contributed by atoms with Crippen molar-refractivity contribution in [3.63, 3.8) is 0 Å². The van der Waals surface area contributed by atoms with Crippen molar-refractivity contribution in [2.24, 2.45) is 5.92 Å². The lowest BCUT2D eigenvalue weighted by Gasteiger charge is -2.32. The predicted molar refractivity (Wildman–Crippen MR) is 72.9 cm³/mol. The van der Waals surface area contributed by atoms with Gasteiger partial charge in [0.25, 0.3) is 0 Å². The number of aryl methyl sites for hydroxylation is 1. The molecule has 0 N–H and O–H groups in total. The van der Waals surface area contributed by atoms with E-state index in [0.717, 1.165) is 22.1 Å². The number of hydrogen-bond donors (Lipinski definition) is 0. The fraction of sp³-hybridized carbons (Fsp3) is 0.571. The SMILES string of the molecule is Cc1cc(Br)cc(CN2CCC(C(F)(F)F)CC2)c1. The summed E-state index contributed by atoms with van der Waals surface area (Å²) in [6.45, 7) is 3.79. The second-order valence-electron chi connectivity index (χ2n) is 5.23. The van der Waals surface area contributed by atoms with E-state index in [2.05, 4.69) is 26.9 Å². The molecule has 0 bridgehead atoms. The normalized spacial score (nSPS) is 18.8. The maximum atomic E-state index is 12.6. The van der Waals surface area contributed by atoms with Gasteiger partial charge in [-0.1, -0.05) is 22.0 Å². The highest BCUT2D eigenvalue weighted by molar-refractivity contribution is 9.10. The van der Waals surface area contributed by atoms with Crippen LogP contribution in [-0.2, 0) is 6.54 Å². The Hall–Kier alpha value is -0.550. The third kappa shape index (κ3) is 4.21. The first-order valence-electron chi connectivity index (χ1n) is 6.40. The zero-order chi connectivity index (χ0) is 14.0. The Kier molecular flexibility index (Phi) is 4.56. The molecule has 19 heavy (non-hydrogen) atoms. The average Bonchev–Trinajstić information content (AvgIpc) is 2.26. The number of piperidine rings is 1. The summed E-state index contributed by atoms with van der Waals surface area (Å²) in [5.41, 5.74) is 2.31. The van der Waals surface area contributed by atoms with E-state index in [4.69, 9.17) is 0 Å². The van der Waals surface area contributed by atoms with Crippen molar-refractivity contribution in [2.45, 2.75) is 32.5 Å². The van der Waals surface area contributed by atoms with Crippen LogP contribution in [0.3, 0.4) is 0 Å². The molecule has 5 heteroatoms. The molecule has 0 aliphatic carbocycles. The van der Waals surface area contributed by atoms with Gasteiger partial charge in [-0.3, -0.25) is 4.90 Å². The fourth-order valence-electron chi connectivity index (χ4n) is 2.58. The van der Waals surface area contributed by atoms with Gasteiger partial charge < -0.3 is 0 Å². The van der Waals surface area contributed by atoms with Gasteiger partial charge in [-0.25, -0.2) is 0 Å². The second-order valence-corrected chi connectivity index (χ2v) is 6.14. The van der Waals surface area contributed by atoms with Crippen LogP contribution in [0.15, 0.2) is 22.7 Å². The van der Waals surface area contributed by atoms with Crippen molar-refractivity contribution in [1.82, 2.24) is 4.90 Å². The van der Waals surface area contributed by atoms with Crippen LogP contribution in [0.4, 0.5) is 13.2 Å². The standard InChI is InChI=1S/C14H17BrF3N/c1-10-6-11(8-13(15)7-10)9-19-4-2-12(3-5-19)14(16,17)18/h6-8,12H,2-5,9H2,1H3. The molecule has 0 atom stereocenters. The Bertz CT molecular complexity index is 417. The van der Waals surface area contributed by atoms with E-state index in [1.807, 2.05) is 19.1 Å². The zero-order valence-corrected chi connectivity index (χ0v) is 12.4. The number of alkyl halides is 3. The van der Waals surface area contributed by atoms with Gasteiger partial charge in [0.05, 0.1) is 5.92 Å². The van der Waals surface area contributed by atoms with Crippen LogP contribution < -0.4 is 0 Å². The Morgan fingerprint density at radius 3 is 2.37 bits per heavy atom. The molecule has 1 aromatic carbocycles. The summed E-state index contributed by atoms with van der Waals surface area (Å²) in [6, 6.07) is 6.14. The molecule has 1 fully saturated rings. The summed E-state index contributed by atoms with van der Waals surface area (Å²) >= 11 is 3.45.